The molecule has 2 heterocycles. The largest absolute Gasteiger partial charge is 0.487 e. The summed E-state index contributed by atoms with van der Waals surface area (Å²) in [7, 11) is -1.60. The highest BCUT2D eigenvalue weighted by molar-refractivity contribution is 7.89. The van der Waals surface area contributed by atoms with Crippen LogP contribution in [0.1, 0.15) is 38.8 Å². The van der Waals surface area contributed by atoms with Gasteiger partial charge in [0.2, 0.25) is 10.0 Å². The number of hydrogen-bond donors (Lipinski definition) is 0. The average Bonchev–Trinajstić information content (AvgIpc) is 3.06. The average molecular weight is 366 g/mol. The minimum atomic E-state index is -3.28. The summed E-state index contributed by atoms with van der Waals surface area (Å²) in [5.74, 6) is 0.871. The summed E-state index contributed by atoms with van der Waals surface area (Å²) in [6, 6.07) is 9.95. The van der Waals surface area contributed by atoms with Gasteiger partial charge in [0.1, 0.15) is 11.4 Å². The molecule has 0 aliphatic carbocycles. The molecule has 4 nitrogen and oxygen atoms in total. The van der Waals surface area contributed by atoms with Gasteiger partial charge in [-0.1, -0.05) is 6.07 Å². The fourth-order valence-electron chi connectivity index (χ4n) is 3.13. The van der Waals surface area contributed by atoms with E-state index in [0.717, 1.165) is 16.9 Å². The molecule has 1 aromatic heterocycles. The summed E-state index contributed by atoms with van der Waals surface area (Å²) in [5, 5.41) is 2.04. The maximum Gasteiger partial charge on any atom is 0.214 e. The van der Waals surface area contributed by atoms with E-state index >= 15 is 0 Å². The van der Waals surface area contributed by atoms with E-state index in [1.165, 1.54) is 9.18 Å². The van der Waals surface area contributed by atoms with Crippen molar-refractivity contribution in [2.75, 3.05) is 12.8 Å². The summed E-state index contributed by atoms with van der Waals surface area (Å²) in [5.41, 5.74) is 1.64. The van der Waals surface area contributed by atoms with Crippen molar-refractivity contribution in [2.45, 2.75) is 38.8 Å². The molecule has 24 heavy (non-hydrogen) atoms. The van der Waals surface area contributed by atoms with Gasteiger partial charge in [-0.25, -0.2) is 8.42 Å². The van der Waals surface area contributed by atoms with Crippen LogP contribution in [-0.4, -0.2) is 31.1 Å². The van der Waals surface area contributed by atoms with Crippen LogP contribution in [0, 0.1) is 0 Å². The third-order valence-corrected chi connectivity index (χ3v) is 7.27. The number of thiophene rings is 1. The van der Waals surface area contributed by atoms with E-state index in [2.05, 4.69) is 12.1 Å². The van der Waals surface area contributed by atoms with Crippen molar-refractivity contribution in [3.05, 3.63) is 41.3 Å². The highest BCUT2D eigenvalue weighted by atomic mass is 32.2. The van der Waals surface area contributed by atoms with Gasteiger partial charge in [-0.15, -0.1) is 11.3 Å². The van der Waals surface area contributed by atoms with Crippen LogP contribution in [0.2, 0.25) is 0 Å². The predicted octanol–water partition coefficient (Wildman–Crippen LogP) is 4.30. The molecule has 3 rings (SSSR count). The lowest BCUT2D eigenvalue weighted by Crippen LogP contribution is -2.42. The van der Waals surface area contributed by atoms with Crippen LogP contribution in [0.5, 0.6) is 5.75 Å². The first-order chi connectivity index (χ1) is 11.2. The first-order valence-electron chi connectivity index (χ1n) is 8.06. The van der Waals surface area contributed by atoms with E-state index in [0.29, 0.717) is 6.42 Å². The van der Waals surface area contributed by atoms with Gasteiger partial charge in [0, 0.05) is 23.9 Å². The number of nitrogens with zero attached hydrogens (tertiary/aromatic N) is 1. The SMILES string of the molecule is CCS(=O)(=O)N(C)C1CC(C)(C)Oc2ccc(-c3cccs3)cc21. The maximum atomic E-state index is 12.4. The van der Waals surface area contributed by atoms with Gasteiger partial charge in [0.05, 0.1) is 11.8 Å². The summed E-state index contributed by atoms with van der Waals surface area (Å²) in [4.78, 5) is 1.17. The quantitative estimate of drug-likeness (QED) is 0.811. The lowest BCUT2D eigenvalue weighted by molar-refractivity contribution is 0.0542. The Hall–Kier alpha value is -1.37. The summed E-state index contributed by atoms with van der Waals surface area (Å²) >= 11 is 1.67. The molecule has 1 aliphatic rings. The zero-order valence-corrected chi connectivity index (χ0v) is 16.1. The van der Waals surface area contributed by atoms with Crippen LogP contribution < -0.4 is 4.74 Å². The van der Waals surface area contributed by atoms with Crippen molar-refractivity contribution < 1.29 is 13.2 Å². The molecule has 1 aromatic carbocycles. The van der Waals surface area contributed by atoms with E-state index < -0.39 is 15.6 Å². The fraction of sp³-hybridized carbons (Fsp3) is 0.444. The van der Waals surface area contributed by atoms with Crippen molar-refractivity contribution >= 4 is 21.4 Å². The molecule has 2 aromatic rings. The molecule has 0 spiro atoms. The van der Waals surface area contributed by atoms with E-state index in [1.807, 2.05) is 37.4 Å². The topological polar surface area (TPSA) is 46.6 Å². The highest BCUT2D eigenvalue weighted by Gasteiger charge is 2.39. The zero-order chi connectivity index (χ0) is 17.5. The smallest absolute Gasteiger partial charge is 0.214 e. The van der Waals surface area contributed by atoms with Gasteiger partial charge in [0.25, 0.3) is 0 Å². The number of rotatable bonds is 4. The molecule has 1 atom stereocenters. The second kappa shape index (κ2) is 6.17. The maximum absolute atomic E-state index is 12.4. The molecule has 0 fully saturated rings. The van der Waals surface area contributed by atoms with Crippen LogP contribution in [0.25, 0.3) is 10.4 Å². The Kier molecular flexibility index (Phi) is 4.49. The molecule has 1 aliphatic heterocycles. The molecule has 0 bridgehead atoms. The standard InChI is InChI=1S/C18H23NO3S2/c1-5-24(20,21)19(4)15-12-18(2,3)22-16-9-8-13(11-14(15)16)17-7-6-10-23-17/h6-11,15H,5,12H2,1-4H3. The molecule has 0 radical (unpaired) electrons. The third kappa shape index (κ3) is 3.23. The Labute approximate surface area is 148 Å². The van der Waals surface area contributed by atoms with Crippen LogP contribution in [0.3, 0.4) is 0 Å². The van der Waals surface area contributed by atoms with Gasteiger partial charge in [-0.2, -0.15) is 4.31 Å². The van der Waals surface area contributed by atoms with Crippen LogP contribution in [-0.2, 0) is 10.0 Å². The number of hydrogen-bond acceptors (Lipinski definition) is 4. The normalized spacial score (nSPS) is 19.8. The van der Waals surface area contributed by atoms with Crippen molar-refractivity contribution in [1.82, 2.24) is 4.31 Å². The van der Waals surface area contributed by atoms with Crippen molar-refractivity contribution in [2.24, 2.45) is 0 Å². The Morgan fingerprint density at radius 1 is 1.33 bits per heavy atom. The number of fused-ring (bicyclic) bond motifs is 1. The lowest BCUT2D eigenvalue weighted by Gasteiger charge is -2.41. The second-order valence-corrected chi connectivity index (χ2v) is 9.99. The number of ether oxygens (including phenoxy) is 1. The third-order valence-electron chi connectivity index (χ3n) is 4.49. The molecule has 130 valence electrons. The first-order valence-corrected chi connectivity index (χ1v) is 10.5. The fourth-order valence-corrected chi connectivity index (χ4v) is 4.84. The second-order valence-electron chi connectivity index (χ2n) is 6.73. The van der Waals surface area contributed by atoms with Gasteiger partial charge in [-0.3, -0.25) is 0 Å². The van der Waals surface area contributed by atoms with E-state index in [-0.39, 0.29) is 11.8 Å². The van der Waals surface area contributed by atoms with Crippen LogP contribution in [0.4, 0.5) is 0 Å². The molecule has 0 N–H and O–H groups in total. The van der Waals surface area contributed by atoms with Gasteiger partial charge < -0.3 is 4.74 Å². The van der Waals surface area contributed by atoms with Crippen molar-refractivity contribution in [1.29, 1.82) is 0 Å². The molecular weight excluding hydrogens is 342 g/mol. The molecule has 6 heteroatoms. The minimum Gasteiger partial charge on any atom is -0.487 e. The molecule has 1 unspecified atom stereocenters. The Morgan fingerprint density at radius 2 is 2.08 bits per heavy atom. The Balaban J connectivity index is 2.10. The first kappa shape index (κ1) is 17.5. The lowest BCUT2D eigenvalue weighted by atomic mass is 9.89. The van der Waals surface area contributed by atoms with Gasteiger partial charge in [0.15, 0.2) is 0 Å². The monoisotopic (exact) mass is 365 g/mol. The predicted molar refractivity (Wildman–Crippen MR) is 99.0 cm³/mol. The van der Waals surface area contributed by atoms with E-state index in [4.69, 9.17) is 4.74 Å². The molecular formula is C18H23NO3S2. The Bertz CT molecular complexity index is 826. The summed E-state index contributed by atoms with van der Waals surface area (Å²) in [6.07, 6.45) is 0.629. The van der Waals surface area contributed by atoms with Crippen LogP contribution in [0.15, 0.2) is 35.7 Å². The highest BCUT2D eigenvalue weighted by Crippen LogP contribution is 2.44. The van der Waals surface area contributed by atoms with E-state index in [1.54, 1.807) is 25.3 Å². The van der Waals surface area contributed by atoms with Gasteiger partial charge in [-0.05, 0) is 56.0 Å². The minimum absolute atomic E-state index is 0.0984. The number of benzene rings is 1. The Morgan fingerprint density at radius 3 is 2.71 bits per heavy atom. The zero-order valence-electron chi connectivity index (χ0n) is 14.4. The molecule has 0 amide bonds. The summed E-state index contributed by atoms with van der Waals surface area (Å²) < 4.78 is 32.4. The van der Waals surface area contributed by atoms with Crippen LogP contribution >= 0.6 is 11.3 Å². The molecule has 0 saturated heterocycles. The molecule has 0 saturated carbocycles. The van der Waals surface area contributed by atoms with Crippen molar-refractivity contribution in [3.63, 3.8) is 0 Å². The van der Waals surface area contributed by atoms with Gasteiger partial charge >= 0.3 is 0 Å². The summed E-state index contributed by atoms with van der Waals surface area (Å²) in [6.45, 7) is 5.68. The number of sulfonamides is 1. The van der Waals surface area contributed by atoms with E-state index in [9.17, 15) is 8.42 Å². The van der Waals surface area contributed by atoms with Crippen molar-refractivity contribution in [3.8, 4) is 16.2 Å².